The van der Waals surface area contributed by atoms with Crippen molar-refractivity contribution in [3.05, 3.63) is 46.6 Å². The summed E-state index contributed by atoms with van der Waals surface area (Å²) in [6.07, 6.45) is 4.79. The molecule has 3 heterocycles. The first-order chi connectivity index (χ1) is 16.9. The summed E-state index contributed by atoms with van der Waals surface area (Å²) in [4.78, 5) is 22.9. The average molecular weight is 499 g/mol. The highest BCUT2D eigenvalue weighted by Crippen LogP contribution is 2.30. The van der Waals surface area contributed by atoms with E-state index in [1.54, 1.807) is 12.3 Å². The van der Waals surface area contributed by atoms with E-state index in [2.05, 4.69) is 32.2 Å². The first-order valence-electron chi connectivity index (χ1n) is 12.1. The Morgan fingerprint density at radius 3 is 2.71 bits per heavy atom. The Hall–Kier alpha value is -2.97. The fraction of sp³-hybridized carbons (Fsp3) is 0.462. The molecule has 9 heteroatoms. The number of fused-ring (bicyclic) bond motifs is 1. The molecule has 35 heavy (non-hydrogen) atoms. The quantitative estimate of drug-likeness (QED) is 0.381. The second-order valence-electron chi connectivity index (χ2n) is 8.83. The third kappa shape index (κ3) is 6.58. The SMILES string of the molecule is CCOC(=O)CCCN1CCc2ccc(-c3noc(-c4cnc(OC(C)C)c(Cl)c4)n3)cc2CC1. The second kappa shape index (κ2) is 11.6. The molecule has 0 radical (unpaired) electrons. The van der Waals surface area contributed by atoms with Crippen molar-refractivity contribution in [3.8, 4) is 28.7 Å². The van der Waals surface area contributed by atoms with Gasteiger partial charge in [0.15, 0.2) is 0 Å². The van der Waals surface area contributed by atoms with Gasteiger partial charge in [-0.25, -0.2) is 4.98 Å². The van der Waals surface area contributed by atoms with Crippen LogP contribution in [0.2, 0.25) is 5.02 Å². The van der Waals surface area contributed by atoms with E-state index in [9.17, 15) is 4.79 Å². The van der Waals surface area contributed by atoms with Gasteiger partial charge >= 0.3 is 5.97 Å². The maximum atomic E-state index is 11.6. The number of carbonyl (C=O) groups excluding carboxylic acids is 1. The highest BCUT2D eigenvalue weighted by atomic mass is 35.5. The van der Waals surface area contributed by atoms with E-state index in [1.165, 1.54) is 11.1 Å². The van der Waals surface area contributed by atoms with Gasteiger partial charge in [0.25, 0.3) is 5.89 Å². The highest BCUT2D eigenvalue weighted by molar-refractivity contribution is 6.32. The predicted molar refractivity (Wildman–Crippen MR) is 133 cm³/mol. The van der Waals surface area contributed by atoms with Crippen LogP contribution in [-0.2, 0) is 22.4 Å². The Balaban J connectivity index is 1.41. The topological polar surface area (TPSA) is 90.6 Å². The van der Waals surface area contributed by atoms with E-state index in [-0.39, 0.29) is 12.1 Å². The lowest BCUT2D eigenvalue weighted by Crippen LogP contribution is -2.28. The number of rotatable bonds is 9. The molecule has 0 N–H and O–H groups in total. The van der Waals surface area contributed by atoms with Gasteiger partial charge in [0.2, 0.25) is 11.7 Å². The van der Waals surface area contributed by atoms with Crippen LogP contribution in [0.3, 0.4) is 0 Å². The molecule has 0 fully saturated rings. The van der Waals surface area contributed by atoms with Crippen LogP contribution in [0.4, 0.5) is 0 Å². The van der Waals surface area contributed by atoms with Gasteiger partial charge in [0.05, 0.1) is 18.3 Å². The van der Waals surface area contributed by atoms with Crippen LogP contribution in [0.15, 0.2) is 35.0 Å². The molecule has 1 aliphatic heterocycles. The number of nitrogens with zero attached hydrogens (tertiary/aromatic N) is 4. The van der Waals surface area contributed by atoms with Gasteiger partial charge in [0, 0.05) is 31.3 Å². The third-order valence-electron chi connectivity index (χ3n) is 5.85. The minimum absolute atomic E-state index is 0.0225. The molecule has 0 amide bonds. The molecule has 0 unspecified atom stereocenters. The number of esters is 1. The molecule has 1 aromatic carbocycles. The van der Waals surface area contributed by atoms with Crippen LogP contribution >= 0.6 is 11.6 Å². The molecular weight excluding hydrogens is 468 g/mol. The standard InChI is InChI=1S/C26H31ClN4O4/c1-4-33-23(32)6-5-11-31-12-9-18-7-8-20(14-19(18)10-13-31)24-29-25(35-30-24)21-15-22(27)26(28-16-21)34-17(2)3/h7-8,14-17H,4-6,9-13H2,1-3H3. The third-order valence-corrected chi connectivity index (χ3v) is 6.12. The summed E-state index contributed by atoms with van der Waals surface area (Å²) in [6, 6.07) is 8.06. The van der Waals surface area contributed by atoms with Gasteiger partial charge in [-0.05, 0) is 69.8 Å². The lowest BCUT2D eigenvalue weighted by atomic mass is 10.00. The Kier molecular flexibility index (Phi) is 8.36. The summed E-state index contributed by atoms with van der Waals surface area (Å²) in [5.74, 6) is 1.14. The molecule has 0 aliphatic carbocycles. The van der Waals surface area contributed by atoms with Gasteiger partial charge in [-0.2, -0.15) is 4.98 Å². The monoisotopic (exact) mass is 498 g/mol. The summed E-state index contributed by atoms with van der Waals surface area (Å²) in [6.45, 7) is 8.93. The summed E-state index contributed by atoms with van der Waals surface area (Å²) in [5, 5.41) is 4.58. The summed E-state index contributed by atoms with van der Waals surface area (Å²) in [5.41, 5.74) is 4.18. The molecule has 3 aromatic rings. The molecule has 2 aromatic heterocycles. The normalized spacial score (nSPS) is 14.0. The Labute approximate surface area is 210 Å². The van der Waals surface area contributed by atoms with E-state index in [4.69, 9.17) is 25.6 Å². The number of ether oxygens (including phenoxy) is 2. The maximum Gasteiger partial charge on any atom is 0.305 e. The van der Waals surface area contributed by atoms with Crippen molar-refractivity contribution >= 4 is 17.6 Å². The van der Waals surface area contributed by atoms with Crippen molar-refractivity contribution in [1.29, 1.82) is 0 Å². The number of hydrogen-bond acceptors (Lipinski definition) is 8. The highest BCUT2D eigenvalue weighted by Gasteiger charge is 2.18. The van der Waals surface area contributed by atoms with Gasteiger partial charge in [-0.15, -0.1) is 0 Å². The zero-order valence-electron chi connectivity index (χ0n) is 20.4. The molecule has 0 saturated heterocycles. The molecule has 8 nitrogen and oxygen atoms in total. The molecule has 0 bridgehead atoms. The van der Waals surface area contributed by atoms with E-state index >= 15 is 0 Å². The summed E-state index contributed by atoms with van der Waals surface area (Å²) in [7, 11) is 0. The fourth-order valence-corrected chi connectivity index (χ4v) is 4.34. The first-order valence-corrected chi connectivity index (χ1v) is 12.5. The Morgan fingerprint density at radius 1 is 1.17 bits per heavy atom. The van der Waals surface area contributed by atoms with Crippen molar-refractivity contribution in [2.24, 2.45) is 0 Å². The number of carbonyl (C=O) groups is 1. The van der Waals surface area contributed by atoms with Crippen molar-refractivity contribution in [2.45, 2.75) is 52.6 Å². The van der Waals surface area contributed by atoms with Gasteiger partial charge in [-0.3, -0.25) is 4.79 Å². The number of pyridine rings is 1. The number of aromatic nitrogens is 3. The molecular formula is C26H31ClN4O4. The first kappa shape index (κ1) is 25.1. The molecule has 1 aliphatic rings. The van der Waals surface area contributed by atoms with Gasteiger partial charge < -0.3 is 18.9 Å². The minimum Gasteiger partial charge on any atom is -0.474 e. The lowest BCUT2D eigenvalue weighted by Gasteiger charge is -2.19. The Bertz CT molecular complexity index is 1160. The summed E-state index contributed by atoms with van der Waals surface area (Å²) < 4.78 is 16.1. The second-order valence-corrected chi connectivity index (χ2v) is 9.24. The van der Waals surface area contributed by atoms with Crippen LogP contribution in [0.1, 0.15) is 44.7 Å². The van der Waals surface area contributed by atoms with E-state index in [1.807, 2.05) is 26.8 Å². The van der Waals surface area contributed by atoms with E-state index < -0.39 is 0 Å². The minimum atomic E-state index is -0.118. The molecule has 0 atom stereocenters. The van der Waals surface area contributed by atoms with Gasteiger partial charge in [0.1, 0.15) is 5.02 Å². The average Bonchev–Trinajstić information content (AvgIpc) is 3.23. The molecule has 186 valence electrons. The zero-order chi connectivity index (χ0) is 24.8. The van der Waals surface area contributed by atoms with Crippen LogP contribution in [0, 0.1) is 0 Å². The molecule has 0 saturated carbocycles. The zero-order valence-corrected chi connectivity index (χ0v) is 21.2. The Morgan fingerprint density at radius 2 is 1.97 bits per heavy atom. The summed E-state index contributed by atoms with van der Waals surface area (Å²) >= 11 is 6.31. The fourth-order valence-electron chi connectivity index (χ4n) is 4.12. The number of hydrogen-bond donors (Lipinski definition) is 0. The number of benzene rings is 1. The van der Waals surface area contributed by atoms with Crippen molar-refractivity contribution in [2.75, 3.05) is 26.2 Å². The lowest BCUT2D eigenvalue weighted by molar-refractivity contribution is -0.143. The van der Waals surface area contributed by atoms with E-state index in [0.717, 1.165) is 44.5 Å². The number of halogens is 1. The smallest absolute Gasteiger partial charge is 0.305 e. The van der Waals surface area contributed by atoms with Crippen LogP contribution in [0.25, 0.3) is 22.8 Å². The maximum absolute atomic E-state index is 11.6. The van der Waals surface area contributed by atoms with Crippen molar-refractivity contribution < 1.29 is 18.8 Å². The van der Waals surface area contributed by atoms with Crippen LogP contribution in [-0.4, -0.2) is 58.3 Å². The molecule has 4 rings (SSSR count). The van der Waals surface area contributed by atoms with E-state index in [0.29, 0.717) is 41.2 Å². The predicted octanol–water partition coefficient (Wildman–Crippen LogP) is 4.98. The van der Waals surface area contributed by atoms with Crippen LogP contribution in [0.5, 0.6) is 5.88 Å². The molecule has 0 spiro atoms. The van der Waals surface area contributed by atoms with Crippen molar-refractivity contribution in [3.63, 3.8) is 0 Å². The largest absolute Gasteiger partial charge is 0.474 e. The van der Waals surface area contributed by atoms with Crippen LogP contribution < -0.4 is 4.74 Å². The van der Waals surface area contributed by atoms with Crippen molar-refractivity contribution in [1.82, 2.24) is 20.0 Å². The van der Waals surface area contributed by atoms with Gasteiger partial charge in [-0.1, -0.05) is 28.9 Å².